The quantitative estimate of drug-likeness (QED) is 0.839. The van der Waals surface area contributed by atoms with Gasteiger partial charge in [0.15, 0.2) is 0 Å². The highest BCUT2D eigenvalue weighted by atomic mass is 16.4. The van der Waals surface area contributed by atoms with Gasteiger partial charge >= 0.3 is 5.97 Å². The first-order valence-corrected chi connectivity index (χ1v) is 6.78. The van der Waals surface area contributed by atoms with E-state index in [0.29, 0.717) is 0 Å². The maximum atomic E-state index is 12.6. The Morgan fingerprint density at radius 2 is 1.94 bits per heavy atom. The summed E-state index contributed by atoms with van der Waals surface area (Å²) in [6.45, 7) is 7.79. The van der Waals surface area contributed by atoms with E-state index in [2.05, 4.69) is 13.8 Å². The normalized spacial score (nSPS) is 22.8. The van der Waals surface area contributed by atoms with Gasteiger partial charge in [-0.25, -0.2) is 0 Å². The van der Waals surface area contributed by atoms with Gasteiger partial charge in [-0.3, -0.25) is 9.59 Å². The maximum absolute atomic E-state index is 12.6. The molecule has 0 aromatic carbocycles. The van der Waals surface area contributed by atoms with Crippen molar-refractivity contribution in [1.29, 1.82) is 0 Å². The minimum Gasteiger partial charge on any atom is -0.480 e. The molecule has 18 heavy (non-hydrogen) atoms. The van der Waals surface area contributed by atoms with E-state index in [0.717, 1.165) is 25.7 Å². The van der Waals surface area contributed by atoms with E-state index < -0.39 is 5.97 Å². The second-order valence-corrected chi connectivity index (χ2v) is 6.24. The minimum absolute atomic E-state index is 0.0112. The molecule has 0 radical (unpaired) electrons. The van der Waals surface area contributed by atoms with Crippen LogP contribution in [-0.2, 0) is 9.59 Å². The number of nitrogens with zero attached hydrogens (tertiary/aromatic N) is 1. The van der Waals surface area contributed by atoms with Crippen molar-refractivity contribution in [2.24, 2.45) is 11.3 Å². The van der Waals surface area contributed by atoms with Crippen molar-refractivity contribution in [2.45, 2.75) is 59.4 Å². The second kappa shape index (κ2) is 5.72. The lowest BCUT2D eigenvalue weighted by molar-refractivity contribution is -0.151. The van der Waals surface area contributed by atoms with Gasteiger partial charge in [0.25, 0.3) is 0 Å². The zero-order valence-electron chi connectivity index (χ0n) is 11.9. The molecule has 4 nitrogen and oxygen atoms in total. The van der Waals surface area contributed by atoms with Crippen molar-refractivity contribution < 1.29 is 14.7 Å². The Hall–Kier alpha value is -1.06. The number of carboxylic acid groups (broad SMARTS) is 1. The highest BCUT2D eigenvalue weighted by Crippen LogP contribution is 2.41. The first-order valence-electron chi connectivity index (χ1n) is 6.78. The van der Waals surface area contributed by atoms with Crippen LogP contribution in [0.5, 0.6) is 0 Å². The predicted molar refractivity (Wildman–Crippen MR) is 70.2 cm³/mol. The summed E-state index contributed by atoms with van der Waals surface area (Å²) in [4.78, 5) is 24.9. The molecule has 1 rings (SSSR count). The molecule has 0 heterocycles. The number of carboxylic acids is 1. The summed E-state index contributed by atoms with van der Waals surface area (Å²) in [5.41, 5.74) is -0.0129. The molecule has 1 aliphatic rings. The van der Waals surface area contributed by atoms with Crippen LogP contribution in [0, 0.1) is 11.3 Å². The molecule has 0 aromatic rings. The third-order valence-corrected chi connectivity index (χ3v) is 4.02. The molecule has 104 valence electrons. The van der Waals surface area contributed by atoms with E-state index in [1.54, 1.807) is 0 Å². The average Bonchev–Trinajstić information content (AvgIpc) is 2.23. The number of hydrogen-bond donors (Lipinski definition) is 1. The van der Waals surface area contributed by atoms with E-state index in [4.69, 9.17) is 5.11 Å². The number of hydrogen-bond acceptors (Lipinski definition) is 2. The van der Waals surface area contributed by atoms with Gasteiger partial charge in [0, 0.05) is 12.0 Å². The molecule has 1 saturated carbocycles. The summed E-state index contributed by atoms with van der Waals surface area (Å²) in [6.07, 6.45) is 4.16. The minimum atomic E-state index is -0.939. The third-order valence-electron chi connectivity index (χ3n) is 4.02. The highest BCUT2D eigenvalue weighted by molar-refractivity contribution is 5.84. The molecule has 0 aromatic heterocycles. The lowest BCUT2D eigenvalue weighted by atomic mass is 9.68. The predicted octanol–water partition coefficient (Wildman–Crippen LogP) is 2.52. The first kappa shape index (κ1) is 15.0. The summed E-state index contributed by atoms with van der Waals surface area (Å²) in [7, 11) is 0. The smallest absolute Gasteiger partial charge is 0.323 e. The monoisotopic (exact) mass is 255 g/mol. The fourth-order valence-electron chi connectivity index (χ4n) is 2.81. The Morgan fingerprint density at radius 1 is 1.33 bits per heavy atom. The number of amides is 1. The standard InChI is InChI=1S/C14H25NO3/c1-10(2)15(9-12(16)17)13(18)11-7-5-6-8-14(11,3)4/h10-11H,5-9H2,1-4H3,(H,16,17). The summed E-state index contributed by atoms with van der Waals surface area (Å²) in [5.74, 6) is -0.962. The van der Waals surface area contributed by atoms with Gasteiger partial charge in [-0.15, -0.1) is 0 Å². The summed E-state index contributed by atoms with van der Waals surface area (Å²) < 4.78 is 0. The number of aliphatic carboxylic acids is 1. The van der Waals surface area contributed by atoms with Crippen molar-refractivity contribution in [3.63, 3.8) is 0 Å². The van der Waals surface area contributed by atoms with Gasteiger partial charge in [-0.2, -0.15) is 0 Å². The Morgan fingerprint density at radius 3 is 2.39 bits per heavy atom. The maximum Gasteiger partial charge on any atom is 0.323 e. The molecule has 0 bridgehead atoms. The van der Waals surface area contributed by atoms with Crippen LogP contribution in [0.1, 0.15) is 53.4 Å². The highest BCUT2D eigenvalue weighted by Gasteiger charge is 2.40. The third kappa shape index (κ3) is 3.47. The van der Waals surface area contributed by atoms with Crippen LogP contribution in [0.4, 0.5) is 0 Å². The van der Waals surface area contributed by atoms with Gasteiger partial charge in [0.05, 0.1) is 0 Å². The van der Waals surface area contributed by atoms with E-state index >= 15 is 0 Å². The fourth-order valence-corrected chi connectivity index (χ4v) is 2.81. The molecular weight excluding hydrogens is 230 g/mol. The Kier molecular flexibility index (Phi) is 4.77. The van der Waals surface area contributed by atoms with Crippen LogP contribution >= 0.6 is 0 Å². The fraction of sp³-hybridized carbons (Fsp3) is 0.857. The van der Waals surface area contributed by atoms with Gasteiger partial charge in [-0.1, -0.05) is 26.7 Å². The topological polar surface area (TPSA) is 57.6 Å². The summed E-state index contributed by atoms with van der Waals surface area (Å²) >= 11 is 0. The van der Waals surface area contributed by atoms with Gasteiger partial charge in [0.1, 0.15) is 6.54 Å². The van der Waals surface area contributed by atoms with Gasteiger partial charge in [-0.05, 0) is 32.1 Å². The van der Waals surface area contributed by atoms with Gasteiger partial charge < -0.3 is 10.0 Å². The van der Waals surface area contributed by atoms with E-state index in [9.17, 15) is 9.59 Å². The van der Waals surface area contributed by atoms with Crippen LogP contribution < -0.4 is 0 Å². The number of rotatable bonds is 4. The molecule has 1 atom stereocenters. The Labute approximate surface area is 109 Å². The van der Waals surface area contributed by atoms with Crippen LogP contribution in [0.25, 0.3) is 0 Å². The SMILES string of the molecule is CC(C)N(CC(=O)O)C(=O)C1CCCCC1(C)C. The van der Waals surface area contributed by atoms with Crippen molar-refractivity contribution in [2.75, 3.05) is 6.54 Å². The molecule has 1 fully saturated rings. The van der Waals surface area contributed by atoms with Crippen molar-refractivity contribution in [1.82, 2.24) is 4.90 Å². The van der Waals surface area contributed by atoms with E-state index in [-0.39, 0.29) is 29.8 Å². The molecule has 4 heteroatoms. The van der Waals surface area contributed by atoms with Crippen LogP contribution in [0.2, 0.25) is 0 Å². The van der Waals surface area contributed by atoms with Crippen LogP contribution in [0.3, 0.4) is 0 Å². The zero-order valence-corrected chi connectivity index (χ0v) is 11.9. The molecule has 0 spiro atoms. The lowest BCUT2D eigenvalue weighted by Crippen LogP contribution is -2.48. The molecule has 1 N–H and O–H groups in total. The largest absolute Gasteiger partial charge is 0.480 e. The summed E-state index contributed by atoms with van der Waals surface area (Å²) in [6, 6.07) is -0.0636. The van der Waals surface area contributed by atoms with E-state index in [1.165, 1.54) is 4.90 Å². The molecule has 0 aliphatic heterocycles. The van der Waals surface area contributed by atoms with Crippen LogP contribution in [0.15, 0.2) is 0 Å². The van der Waals surface area contributed by atoms with E-state index in [1.807, 2.05) is 13.8 Å². The lowest BCUT2D eigenvalue weighted by Gasteiger charge is -2.41. The average molecular weight is 255 g/mol. The molecule has 1 unspecified atom stereocenters. The Bertz CT molecular complexity index is 323. The van der Waals surface area contributed by atoms with Gasteiger partial charge in [0.2, 0.25) is 5.91 Å². The molecule has 1 amide bonds. The number of carbonyl (C=O) groups excluding carboxylic acids is 1. The van der Waals surface area contributed by atoms with Crippen LogP contribution in [-0.4, -0.2) is 34.5 Å². The first-order chi connectivity index (χ1) is 8.25. The summed E-state index contributed by atoms with van der Waals surface area (Å²) in [5, 5.41) is 8.92. The van der Waals surface area contributed by atoms with Crippen molar-refractivity contribution in [3.8, 4) is 0 Å². The molecule has 1 aliphatic carbocycles. The molecule has 0 saturated heterocycles. The molecular formula is C14H25NO3. The van der Waals surface area contributed by atoms with Crippen molar-refractivity contribution >= 4 is 11.9 Å². The number of carbonyl (C=O) groups is 2. The van der Waals surface area contributed by atoms with Crippen molar-refractivity contribution in [3.05, 3.63) is 0 Å². The zero-order chi connectivity index (χ0) is 13.9. The Balaban J connectivity index is 2.84. The second-order valence-electron chi connectivity index (χ2n) is 6.24.